The molecule has 0 amide bonds. The first-order valence-electron chi connectivity index (χ1n) is 11.9. The summed E-state index contributed by atoms with van der Waals surface area (Å²) >= 11 is 0. The Morgan fingerprint density at radius 2 is 0.871 bits per heavy atom. The van der Waals surface area contributed by atoms with Gasteiger partial charge in [0.2, 0.25) is 0 Å². The van der Waals surface area contributed by atoms with E-state index < -0.39 is 0 Å². The van der Waals surface area contributed by atoms with Crippen LogP contribution in [0.2, 0.25) is 0 Å². The third-order valence-corrected chi connectivity index (χ3v) is 4.61. The van der Waals surface area contributed by atoms with Crippen LogP contribution in [0.4, 0.5) is 0 Å². The predicted molar refractivity (Wildman–Crippen MR) is 144 cm³/mol. The van der Waals surface area contributed by atoms with Gasteiger partial charge in [0.15, 0.2) is 0 Å². The van der Waals surface area contributed by atoms with Crippen LogP contribution in [0.1, 0.15) is 76.3 Å². The van der Waals surface area contributed by atoms with E-state index in [1.807, 2.05) is 41.5 Å². The maximum absolute atomic E-state index is 2.28. The van der Waals surface area contributed by atoms with Crippen molar-refractivity contribution in [1.82, 2.24) is 0 Å². The summed E-state index contributed by atoms with van der Waals surface area (Å²) in [5, 5.41) is 0. The van der Waals surface area contributed by atoms with E-state index in [0.717, 1.165) is 6.42 Å². The molecule has 31 heavy (non-hydrogen) atoms. The predicted octanol–water partition coefficient (Wildman–Crippen LogP) is 10.0. The zero-order chi connectivity index (χ0) is 23.8. The van der Waals surface area contributed by atoms with Crippen LogP contribution in [0.15, 0.2) is 72.3 Å². The number of fused-ring (bicyclic) bond motifs is 1. The summed E-state index contributed by atoms with van der Waals surface area (Å²) in [6.45, 7) is 20.6. The van der Waals surface area contributed by atoms with Gasteiger partial charge in [-0.3, -0.25) is 0 Å². The molecule has 0 aromatic heterocycles. The number of benzene rings is 3. The summed E-state index contributed by atoms with van der Waals surface area (Å²) in [6.07, 6.45) is 3.43. The van der Waals surface area contributed by atoms with E-state index >= 15 is 0 Å². The number of rotatable bonds is 1. The lowest BCUT2D eigenvalue weighted by Crippen LogP contribution is -1.82. The zero-order valence-electron chi connectivity index (χ0n) is 21.6. The first kappa shape index (κ1) is 28.4. The van der Waals surface area contributed by atoms with E-state index in [4.69, 9.17) is 0 Å². The summed E-state index contributed by atoms with van der Waals surface area (Å²) < 4.78 is 0. The molecule has 0 N–H and O–H groups in total. The van der Waals surface area contributed by atoms with Crippen molar-refractivity contribution in [2.24, 2.45) is 0 Å². The van der Waals surface area contributed by atoms with E-state index in [1.54, 1.807) is 0 Å². The van der Waals surface area contributed by atoms with Crippen LogP contribution < -0.4 is 0 Å². The topological polar surface area (TPSA) is 0 Å². The van der Waals surface area contributed by atoms with Gasteiger partial charge in [-0.1, -0.05) is 137 Å². The molecule has 0 unspecified atom stereocenters. The molecule has 1 aliphatic rings. The Labute approximate surface area is 193 Å². The molecule has 0 fully saturated rings. The first-order chi connectivity index (χ1) is 15.0. The number of hydrogen-bond donors (Lipinski definition) is 0. The minimum Gasteiger partial charge on any atom is -0.0683 e. The smallest absolute Gasteiger partial charge is 0.00606 e. The number of aryl methyl sites for hydroxylation is 3. The maximum atomic E-state index is 2.28. The van der Waals surface area contributed by atoms with Gasteiger partial charge in [-0.15, -0.1) is 0 Å². The zero-order valence-corrected chi connectivity index (χ0v) is 21.6. The van der Waals surface area contributed by atoms with E-state index in [2.05, 4.69) is 101 Å². The Kier molecular flexibility index (Phi) is 14.8. The molecule has 0 saturated heterocycles. The van der Waals surface area contributed by atoms with Gasteiger partial charge in [0.05, 0.1) is 0 Å². The fourth-order valence-electron chi connectivity index (χ4n) is 3.12. The van der Waals surface area contributed by atoms with Crippen molar-refractivity contribution in [1.29, 1.82) is 0 Å². The van der Waals surface area contributed by atoms with Crippen molar-refractivity contribution in [2.45, 2.75) is 75.7 Å². The van der Waals surface area contributed by atoms with Crippen LogP contribution >= 0.6 is 0 Å². The third kappa shape index (κ3) is 9.83. The highest BCUT2D eigenvalue weighted by Gasteiger charge is 2.07. The largest absolute Gasteiger partial charge is 0.0683 e. The molecule has 0 spiro atoms. The molecule has 3 aromatic carbocycles. The molecule has 0 bridgehead atoms. The molecule has 0 saturated carbocycles. The lowest BCUT2D eigenvalue weighted by Gasteiger charge is -2.02. The van der Waals surface area contributed by atoms with Crippen LogP contribution in [0, 0.1) is 20.8 Å². The van der Waals surface area contributed by atoms with Gasteiger partial charge in [-0.25, -0.2) is 0 Å². The van der Waals surface area contributed by atoms with Crippen LogP contribution in [-0.4, -0.2) is 0 Å². The molecular weight excluding hydrogens is 372 g/mol. The summed E-state index contributed by atoms with van der Waals surface area (Å²) in [4.78, 5) is 0. The minimum absolute atomic E-state index is 1.15. The Bertz CT molecular complexity index is 835. The molecule has 0 heterocycles. The molecule has 0 nitrogen and oxygen atoms in total. The fraction of sp³-hybridized carbons (Fsp3) is 0.355. The second kappa shape index (κ2) is 16.1. The van der Waals surface area contributed by atoms with Crippen molar-refractivity contribution in [2.75, 3.05) is 0 Å². The molecule has 168 valence electrons. The Morgan fingerprint density at radius 1 is 0.484 bits per heavy atom. The van der Waals surface area contributed by atoms with E-state index in [9.17, 15) is 0 Å². The first-order valence-corrected chi connectivity index (χ1v) is 11.9. The van der Waals surface area contributed by atoms with Crippen molar-refractivity contribution in [3.8, 4) is 11.1 Å². The monoisotopic (exact) mass is 416 g/mol. The summed E-state index contributed by atoms with van der Waals surface area (Å²) in [5.41, 5.74) is 10.9. The van der Waals surface area contributed by atoms with E-state index in [-0.39, 0.29) is 0 Å². The molecule has 0 aliphatic heterocycles. The van der Waals surface area contributed by atoms with Crippen LogP contribution in [0.25, 0.3) is 17.2 Å². The molecule has 1 aliphatic carbocycles. The van der Waals surface area contributed by atoms with Gasteiger partial charge in [0.1, 0.15) is 0 Å². The highest BCUT2D eigenvalue weighted by Crippen LogP contribution is 2.25. The van der Waals surface area contributed by atoms with Gasteiger partial charge in [0, 0.05) is 0 Å². The molecule has 3 aromatic rings. The van der Waals surface area contributed by atoms with Crippen LogP contribution in [-0.2, 0) is 6.42 Å². The Balaban J connectivity index is 0.000000476. The van der Waals surface area contributed by atoms with Gasteiger partial charge >= 0.3 is 0 Å². The quantitative estimate of drug-likeness (QED) is 0.370. The molecule has 0 radical (unpaired) electrons. The average Bonchev–Trinajstić information content (AvgIpc) is 3.19. The minimum atomic E-state index is 1.15. The van der Waals surface area contributed by atoms with Crippen LogP contribution in [0.3, 0.4) is 0 Å². The number of hydrogen-bond acceptors (Lipinski definition) is 0. The Hall–Kier alpha value is -2.60. The van der Waals surface area contributed by atoms with Crippen LogP contribution in [0.5, 0.6) is 0 Å². The fourth-order valence-corrected chi connectivity index (χ4v) is 3.12. The van der Waals surface area contributed by atoms with E-state index in [0.29, 0.717) is 0 Å². The van der Waals surface area contributed by atoms with E-state index in [1.165, 1.54) is 44.5 Å². The normalized spacial score (nSPS) is 10.3. The molecule has 4 rings (SSSR count). The van der Waals surface area contributed by atoms with Gasteiger partial charge in [-0.2, -0.15) is 0 Å². The SMILES string of the molecule is CC.CC.CC.CC1=Cc2cc(C)ccc2C1.Cc1ccc(-c2ccc(C)cc2)cc1. The highest BCUT2D eigenvalue weighted by molar-refractivity contribution is 5.64. The molecule has 0 atom stereocenters. The molecular formula is C31H44. The average molecular weight is 417 g/mol. The second-order valence-corrected chi connectivity index (χ2v) is 7.10. The second-order valence-electron chi connectivity index (χ2n) is 7.10. The summed E-state index contributed by atoms with van der Waals surface area (Å²) in [5.74, 6) is 0. The lowest BCUT2D eigenvalue weighted by atomic mass is 10.0. The van der Waals surface area contributed by atoms with Gasteiger partial charge < -0.3 is 0 Å². The van der Waals surface area contributed by atoms with Gasteiger partial charge in [0.25, 0.3) is 0 Å². The summed E-state index contributed by atoms with van der Waals surface area (Å²) in [6, 6.07) is 23.9. The summed E-state index contributed by atoms with van der Waals surface area (Å²) in [7, 11) is 0. The van der Waals surface area contributed by atoms with Crippen molar-refractivity contribution < 1.29 is 0 Å². The number of allylic oxidation sites excluding steroid dienone is 1. The lowest BCUT2D eigenvalue weighted by molar-refractivity contribution is 1.19. The van der Waals surface area contributed by atoms with Gasteiger partial charge in [-0.05, 0) is 56.4 Å². The molecule has 0 heteroatoms. The highest BCUT2D eigenvalue weighted by atomic mass is 14.1. The van der Waals surface area contributed by atoms with Crippen molar-refractivity contribution in [3.05, 3.63) is 100 Å². The standard InChI is InChI=1S/C14H14.C11H12.3C2H6/c1-11-3-7-13(8-4-11)14-9-5-12(2)6-10-14;1-8-3-4-10-6-9(2)7-11(10)5-8;3*1-2/h3-10H,1-2H3;3-5,7H,6H2,1-2H3;3*1-2H3. The van der Waals surface area contributed by atoms with Crippen molar-refractivity contribution >= 4 is 6.08 Å². The maximum Gasteiger partial charge on any atom is -0.00606 e. The Morgan fingerprint density at radius 3 is 1.29 bits per heavy atom. The van der Waals surface area contributed by atoms with Crippen molar-refractivity contribution in [3.63, 3.8) is 0 Å². The third-order valence-electron chi connectivity index (χ3n) is 4.61.